The molecule has 0 fully saturated rings. The molecule has 1 aromatic heterocycles. The minimum atomic E-state index is 0.145. The first kappa shape index (κ1) is 5.05. The normalized spacial score (nSPS) is 9.29. The Labute approximate surface area is 53.3 Å². The molecule has 0 atom stereocenters. The summed E-state index contributed by atoms with van der Waals surface area (Å²) in [4.78, 5) is 0.145. The first-order valence-electron chi connectivity index (χ1n) is 1.53. The second kappa shape index (κ2) is 1.79. The fourth-order valence-corrected chi connectivity index (χ4v) is 0.708. The van der Waals surface area contributed by atoms with Crippen LogP contribution in [0, 0.1) is 4.90 Å². The van der Waals surface area contributed by atoms with Crippen molar-refractivity contribution in [1.82, 2.24) is 0 Å². The van der Waals surface area contributed by atoms with E-state index in [4.69, 9.17) is 0 Å². The maximum atomic E-state index is 4.65. The van der Waals surface area contributed by atoms with Crippen molar-refractivity contribution < 1.29 is 8.83 Å². The standard InChI is InChI=1S/C3HBrO2S/c4-2-1-5-3(7)6-2/h1H. The third-order valence-corrected chi connectivity index (χ3v) is 0.957. The van der Waals surface area contributed by atoms with E-state index in [1.807, 2.05) is 0 Å². The molecule has 0 unspecified atom stereocenters. The molecule has 0 radical (unpaired) electrons. The van der Waals surface area contributed by atoms with Gasteiger partial charge in [0, 0.05) is 12.2 Å². The van der Waals surface area contributed by atoms with Crippen molar-refractivity contribution >= 4 is 28.1 Å². The van der Waals surface area contributed by atoms with Crippen LogP contribution in [0.5, 0.6) is 0 Å². The van der Waals surface area contributed by atoms with Crippen LogP contribution in [0.3, 0.4) is 0 Å². The van der Waals surface area contributed by atoms with Crippen LogP contribution in [0.1, 0.15) is 0 Å². The monoisotopic (exact) mass is 180 g/mol. The Bertz CT molecular complexity index is 201. The number of hydrogen-bond donors (Lipinski definition) is 0. The summed E-state index contributed by atoms with van der Waals surface area (Å²) in [6, 6.07) is 0. The average molecular weight is 181 g/mol. The minimum absolute atomic E-state index is 0.145. The lowest BCUT2D eigenvalue weighted by molar-refractivity contribution is 0.412. The van der Waals surface area contributed by atoms with Gasteiger partial charge in [-0.2, -0.15) is 0 Å². The van der Waals surface area contributed by atoms with Crippen molar-refractivity contribution in [1.29, 1.82) is 0 Å². The lowest BCUT2D eigenvalue weighted by Gasteiger charge is -1.61. The van der Waals surface area contributed by atoms with E-state index in [0.29, 0.717) is 4.67 Å². The highest BCUT2D eigenvalue weighted by atomic mass is 79.9. The van der Waals surface area contributed by atoms with Gasteiger partial charge in [0.05, 0.1) is 0 Å². The van der Waals surface area contributed by atoms with Gasteiger partial charge in [-0.15, -0.1) is 0 Å². The van der Waals surface area contributed by atoms with Crippen molar-refractivity contribution in [3.05, 3.63) is 15.8 Å². The topological polar surface area (TPSA) is 26.3 Å². The van der Waals surface area contributed by atoms with Crippen LogP contribution in [-0.4, -0.2) is 0 Å². The van der Waals surface area contributed by atoms with Crippen LogP contribution in [0.2, 0.25) is 0 Å². The van der Waals surface area contributed by atoms with Gasteiger partial charge in [0.15, 0.2) is 0 Å². The quantitative estimate of drug-likeness (QED) is 0.574. The highest BCUT2D eigenvalue weighted by Crippen LogP contribution is 2.09. The Hall–Kier alpha value is -0.0900. The molecular weight excluding hydrogens is 180 g/mol. The van der Waals surface area contributed by atoms with E-state index in [-0.39, 0.29) is 4.90 Å². The molecule has 0 aromatic carbocycles. The van der Waals surface area contributed by atoms with Crippen LogP contribution >= 0.6 is 28.1 Å². The third kappa shape index (κ3) is 1.14. The molecule has 7 heavy (non-hydrogen) atoms. The fraction of sp³-hybridized carbons (Fsp3) is 0. The lowest BCUT2D eigenvalue weighted by Crippen LogP contribution is -1.37. The predicted octanol–water partition coefficient (Wildman–Crippen LogP) is 2.36. The highest BCUT2D eigenvalue weighted by Gasteiger charge is 1.87. The molecule has 0 saturated carbocycles. The summed E-state index contributed by atoms with van der Waals surface area (Å²) in [6.45, 7) is 0. The number of hydrogen-bond acceptors (Lipinski definition) is 3. The van der Waals surface area contributed by atoms with Gasteiger partial charge in [-0.25, -0.2) is 0 Å². The molecule has 4 heteroatoms. The molecule has 0 N–H and O–H groups in total. The van der Waals surface area contributed by atoms with Crippen molar-refractivity contribution in [2.75, 3.05) is 0 Å². The maximum Gasteiger partial charge on any atom is 0.363 e. The van der Waals surface area contributed by atoms with E-state index >= 15 is 0 Å². The first-order chi connectivity index (χ1) is 3.29. The van der Waals surface area contributed by atoms with Gasteiger partial charge in [-0.05, 0) is 15.9 Å². The van der Waals surface area contributed by atoms with E-state index < -0.39 is 0 Å². The van der Waals surface area contributed by atoms with Crippen molar-refractivity contribution in [3.8, 4) is 0 Å². The molecule has 0 aliphatic heterocycles. The van der Waals surface area contributed by atoms with Crippen molar-refractivity contribution in [3.63, 3.8) is 0 Å². The zero-order valence-electron chi connectivity index (χ0n) is 3.18. The minimum Gasteiger partial charge on any atom is -0.421 e. The molecule has 0 spiro atoms. The van der Waals surface area contributed by atoms with E-state index in [1.54, 1.807) is 0 Å². The molecular formula is C3HBrO2S. The van der Waals surface area contributed by atoms with Crippen LogP contribution < -0.4 is 0 Å². The highest BCUT2D eigenvalue weighted by molar-refractivity contribution is 9.10. The van der Waals surface area contributed by atoms with Gasteiger partial charge in [0.25, 0.3) is 0 Å². The first-order valence-corrected chi connectivity index (χ1v) is 2.73. The van der Waals surface area contributed by atoms with Gasteiger partial charge in [-0.3, -0.25) is 0 Å². The summed E-state index contributed by atoms with van der Waals surface area (Å²) in [5.41, 5.74) is 0. The summed E-state index contributed by atoms with van der Waals surface area (Å²) in [7, 11) is 0. The molecule has 1 aromatic rings. The van der Waals surface area contributed by atoms with Gasteiger partial charge in [-0.1, -0.05) is 0 Å². The molecule has 0 aliphatic carbocycles. The Balaban J connectivity index is 3.30. The van der Waals surface area contributed by atoms with E-state index in [9.17, 15) is 0 Å². The van der Waals surface area contributed by atoms with Gasteiger partial charge in [0.1, 0.15) is 6.26 Å². The third-order valence-electron chi connectivity index (χ3n) is 0.429. The molecule has 38 valence electrons. The van der Waals surface area contributed by atoms with E-state index in [1.165, 1.54) is 6.26 Å². The zero-order chi connectivity index (χ0) is 5.28. The summed E-state index contributed by atoms with van der Waals surface area (Å²) in [5, 5.41) is 0. The van der Waals surface area contributed by atoms with Crippen LogP contribution in [0.25, 0.3) is 0 Å². The van der Waals surface area contributed by atoms with E-state index in [2.05, 4.69) is 37.0 Å². The summed E-state index contributed by atoms with van der Waals surface area (Å²) in [5.74, 6) is 0. The molecule has 1 heterocycles. The number of rotatable bonds is 0. The molecule has 0 aliphatic rings. The maximum absolute atomic E-state index is 4.65. The smallest absolute Gasteiger partial charge is 0.363 e. The average Bonchev–Trinajstić information content (AvgIpc) is 1.87. The Morgan fingerprint density at radius 3 is 2.57 bits per heavy atom. The molecule has 0 amide bonds. The Morgan fingerprint density at radius 1 is 1.71 bits per heavy atom. The molecule has 2 nitrogen and oxygen atoms in total. The lowest BCUT2D eigenvalue weighted by atomic mass is 11.1. The van der Waals surface area contributed by atoms with E-state index in [0.717, 1.165) is 0 Å². The Morgan fingerprint density at radius 2 is 2.43 bits per heavy atom. The molecule has 1 rings (SSSR count). The van der Waals surface area contributed by atoms with Crippen molar-refractivity contribution in [2.45, 2.75) is 0 Å². The van der Waals surface area contributed by atoms with Crippen molar-refractivity contribution in [2.24, 2.45) is 0 Å². The van der Waals surface area contributed by atoms with Crippen LogP contribution in [-0.2, 0) is 0 Å². The van der Waals surface area contributed by atoms with Gasteiger partial charge >= 0.3 is 4.90 Å². The Kier molecular flexibility index (Phi) is 1.30. The summed E-state index contributed by atoms with van der Waals surface area (Å²) >= 11 is 7.47. The second-order valence-corrected chi connectivity index (χ2v) is 2.01. The largest absolute Gasteiger partial charge is 0.421 e. The summed E-state index contributed by atoms with van der Waals surface area (Å²) in [6.07, 6.45) is 1.39. The fourth-order valence-electron chi connectivity index (χ4n) is 0.222. The van der Waals surface area contributed by atoms with Gasteiger partial charge < -0.3 is 8.83 Å². The predicted molar refractivity (Wildman–Crippen MR) is 29.5 cm³/mol. The van der Waals surface area contributed by atoms with Crippen LogP contribution in [0.15, 0.2) is 19.8 Å². The second-order valence-electron chi connectivity index (χ2n) is 0.892. The van der Waals surface area contributed by atoms with Crippen LogP contribution in [0.4, 0.5) is 0 Å². The number of halogens is 1. The SMILES string of the molecule is S=c1occ(Br)o1. The summed E-state index contributed by atoms with van der Waals surface area (Å²) < 4.78 is 9.74. The molecule has 0 bridgehead atoms. The zero-order valence-corrected chi connectivity index (χ0v) is 5.58. The van der Waals surface area contributed by atoms with Gasteiger partial charge in [0.2, 0.25) is 4.67 Å². The molecule has 0 saturated heterocycles.